The third kappa shape index (κ3) is 49.1. The number of hydrogen-bond donors (Lipinski definition) is 3. The maximum absolute atomic E-state index is 13.2. The van der Waals surface area contributed by atoms with E-state index < -0.39 is 67.3 Å². The minimum Gasteiger partial charge on any atom is -0.479 e. The lowest BCUT2D eigenvalue weighted by atomic mass is 9.98. The van der Waals surface area contributed by atoms with Gasteiger partial charge < -0.3 is 39.0 Å². The first-order valence-electron chi connectivity index (χ1n) is 33.9. The molecule has 1 aliphatic rings. The number of carboxylic acid groups (broad SMARTS) is 1. The molecule has 0 amide bonds. The minimum absolute atomic E-state index is 0.0441. The van der Waals surface area contributed by atoms with Gasteiger partial charge in [-0.3, -0.25) is 14.4 Å². The third-order valence-corrected chi connectivity index (χ3v) is 14.8. The van der Waals surface area contributed by atoms with E-state index in [0.29, 0.717) is 19.3 Å². The van der Waals surface area contributed by atoms with Crippen LogP contribution in [0.4, 0.5) is 0 Å². The summed E-state index contributed by atoms with van der Waals surface area (Å²) in [5, 5.41) is 31.6. The predicted molar refractivity (Wildman–Crippen MR) is 349 cm³/mol. The van der Waals surface area contributed by atoms with Crippen molar-refractivity contribution in [3.05, 3.63) is 109 Å². The van der Waals surface area contributed by atoms with Gasteiger partial charge >= 0.3 is 23.9 Å². The van der Waals surface area contributed by atoms with E-state index in [0.717, 1.165) is 116 Å². The molecule has 0 radical (unpaired) electrons. The zero-order valence-corrected chi connectivity index (χ0v) is 53.6. The van der Waals surface area contributed by atoms with E-state index >= 15 is 0 Å². The summed E-state index contributed by atoms with van der Waals surface area (Å²) in [7, 11) is 0. The highest BCUT2D eigenvalue weighted by Gasteiger charge is 2.50. The van der Waals surface area contributed by atoms with Crippen LogP contribution in [0.15, 0.2) is 109 Å². The fourth-order valence-corrected chi connectivity index (χ4v) is 9.65. The third-order valence-electron chi connectivity index (χ3n) is 14.8. The lowest BCUT2D eigenvalue weighted by molar-refractivity contribution is -0.301. The second-order valence-electron chi connectivity index (χ2n) is 22.7. The van der Waals surface area contributed by atoms with Crippen molar-refractivity contribution in [3.8, 4) is 0 Å². The number of aliphatic carboxylic acids is 1. The van der Waals surface area contributed by atoms with Gasteiger partial charge in [-0.05, 0) is 116 Å². The van der Waals surface area contributed by atoms with Crippen LogP contribution in [-0.2, 0) is 42.9 Å². The molecule has 0 bridgehead atoms. The van der Waals surface area contributed by atoms with Crippen LogP contribution in [0.25, 0.3) is 0 Å². The molecule has 0 aromatic heterocycles. The van der Waals surface area contributed by atoms with Gasteiger partial charge in [0.05, 0.1) is 6.61 Å². The van der Waals surface area contributed by atoms with Gasteiger partial charge in [-0.2, -0.15) is 0 Å². The molecular weight excluding hydrogens is 1070 g/mol. The van der Waals surface area contributed by atoms with Crippen molar-refractivity contribution < 1.29 is 58.2 Å². The highest BCUT2D eigenvalue weighted by Crippen LogP contribution is 2.27. The Balaban J connectivity index is 2.70. The van der Waals surface area contributed by atoms with Gasteiger partial charge in [0.1, 0.15) is 18.8 Å². The summed E-state index contributed by atoms with van der Waals surface area (Å²) in [4.78, 5) is 51.4. The first-order chi connectivity index (χ1) is 41.6. The second-order valence-corrected chi connectivity index (χ2v) is 22.7. The number of rotatable bonds is 57. The van der Waals surface area contributed by atoms with Gasteiger partial charge in [-0.15, -0.1) is 0 Å². The molecule has 1 rings (SSSR count). The molecule has 6 atom stereocenters. The van der Waals surface area contributed by atoms with Crippen molar-refractivity contribution >= 4 is 23.9 Å². The number of carbonyl (C=O) groups is 4. The molecule has 6 unspecified atom stereocenters. The largest absolute Gasteiger partial charge is 0.479 e. The topological polar surface area (TPSA) is 175 Å². The van der Waals surface area contributed by atoms with E-state index in [1.165, 1.54) is 103 Å². The van der Waals surface area contributed by atoms with E-state index in [2.05, 4.69) is 118 Å². The van der Waals surface area contributed by atoms with E-state index in [4.69, 9.17) is 23.7 Å². The molecule has 0 aliphatic carbocycles. The van der Waals surface area contributed by atoms with Gasteiger partial charge in [-0.1, -0.05) is 252 Å². The summed E-state index contributed by atoms with van der Waals surface area (Å²) in [6.45, 7) is 5.81. The van der Waals surface area contributed by atoms with Gasteiger partial charge in [0.15, 0.2) is 24.6 Å². The SMILES string of the molecule is CC/C=C\C/C=C\C/C=C\C/C=C\C/C=C\C/C=C\CCC(=O)OCC(COC1OC(C(=O)O)C(O)C(O)C1OC(=O)CCCCCCCCC/C=C\CCCCCCCC)OC(=O)CCCCCCCCCCC/C=C\C/C=C\CCCCC. The van der Waals surface area contributed by atoms with Crippen LogP contribution >= 0.6 is 0 Å². The number of unbranched alkanes of at least 4 members (excludes halogenated alkanes) is 25. The first kappa shape index (κ1) is 78.4. The minimum atomic E-state index is -1.92. The van der Waals surface area contributed by atoms with Crippen molar-refractivity contribution in [1.29, 1.82) is 0 Å². The van der Waals surface area contributed by atoms with Gasteiger partial charge in [0, 0.05) is 19.3 Å². The van der Waals surface area contributed by atoms with Crippen LogP contribution in [0.5, 0.6) is 0 Å². The Morgan fingerprint density at radius 2 is 0.765 bits per heavy atom. The van der Waals surface area contributed by atoms with E-state index in [9.17, 15) is 34.5 Å². The Morgan fingerprint density at radius 1 is 0.400 bits per heavy atom. The summed E-state index contributed by atoms with van der Waals surface area (Å²) >= 11 is 0. The average Bonchev–Trinajstić information content (AvgIpc) is 3.46. The lowest BCUT2D eigenvalue weighted by Crippen LogP contribution is -2.61. The summed E-state index contributed by atoms with van der Waals surface area (Å²) in [6.07, 6.45) is 69.1. The van der Waals surface area contributed by atoms with Crippen molar-refractivity contribution in [2.24, 2.45) is 0 Å². The maximum atomic E-state index is 13.2. The highest BCUT2D eigenvalue weighted by molar-refractivity contribution is 5.74. The van der Waals surface area contributed by atoms with Gasteiger partial charge in [0.2, 0.25) is 0 Å². The highest BCUT2D eigenvalue weighted by atomic mass is 16.7. The Bertz CT molecular complexity index is 1890. The van der Waals surface area contributed by atoms with Crippen molar-refractivity contribution in [2.45, 2.75) is 314 Å². The van der Waals surface area contributed by atoms with Crippen molar-refractivity contribution in [1.82, 2.24) is 0 Å². The molecule has 1 aliphatic heterocycles. The smallest absolute Gasteiger partial charge is 0.335 e. The summed E-state index contributed by atoms with van der Waals surface area (Å²) in [5.41, 5.74) is 0. The fourth-order valence-electron chi connectivity index (χ4n) is 9.65. The fraction of sp³-hybridized carbons (Fsp3) is 0.699. The summed E-state index contributed by atoms with van der Waals surface area (Å²) < 4.78 is 28.5. The number of ether oxygens (including phenoxy) is 5. The molecular formula is C73H120O12. The normalized spacial score (nSPS) is 18.2. The molecule has 1 heterocycles. The Hall–Kier alpha value is -4.62. The molecule has 12 heteroatoms. The quantitative estimate of drug-likeness (QED) is 0.0228. The molecule has 1 fully saturated rings. The summed E-state index contributed by atoms with van der Waals surface area (Å²) in [6, 6.07) is 0. The lowest BCUT2D eigenvalue weighted by Gasteiger charge is -2.40. The van der Waals surface area contributed by atoms with Gasteiger partial charge in [0.25, 0.3) is 0 Å². The predicted octanol–water partition coefficient (Wildman–Crippen LogP) is 18.6. The monoisotopic (exact) mass is 1190 g/mol. The van der Waals surface area contributed by atoms with Crippen LogP contribution < -0.4 is 0 Å². The van der Waals surface area contributed by atoms with Crippen LogP contribution in [-0.4, -0.2) is 89.2 Å². The number of allylic oxidation sites excluding steroid dienone is 18. The van der Waals surface area contributed by atoms with E-state index in [1.54, 1.807) is 0 Å². The van der Waals surface area contributed by atoms with Crippen LogP contribution in [0.1, 0.15) is 278 Å². The van der Waals surface area contributed by atoms with Crippen LogP contribution in [0.2, 0.25) is 0 Å². The zero-order chi connectivity index (χ0) is 61.7. The molecule has 3 N–H and O–H groups in total. The molecule has 0 aromatic rings. The zero-order valence-electron chi connectivity index (χ0n) is 53.6. The van der Waals surface area contributed by atoms with Gasteiger partial charge in [-0.25, -0.2) is 4.79 Å². The maximum Gasteiger partial charge on any atom is 0.335 e. The molecule has 12 nitrogen and oxygen atoms in total. The van der Waals surface area contributed by atoms with Crippen LogP contribution in [0, 0.1) is 0 Å². The molecule has 0 saturated carbocycles. The second kappa shape index (κ2) is 59.7. The van der Waals surface area contributed by atoms with E-state index in [1.807, 2.05) is 12.2 Å². The molecule has 1 saturated heterocycles. The molecule has 85 heavy (non-hydrogen) atoms. The Morgan fingerprint density at radius 3 is 1.21 bits per heavy atom. The average molecular weight is 1190 g/mol. The molecule has 0 aromatic carbocycles. The molecule has 484 valence electrons. The number of aliphatic hydroxyl groups excluding tert-OH is 2. The molecule has 0 spiro atoms. The Labute approximate surface area is 516 Å². The Kier molecular flexibility index (Phi) is 55.1. The number of carbonyl (C=O) groups excluding carboxylic acids is 3. The summed E-state index contributed by atoms with van der Waals surface area (Å²) in [5.74, 6) is -3.24. The number of carboxylic acids is 1. The first-order valence-corrected chi connectivity index (χ1v) is 33.9. The number of esters is 3. The number of hydrogen-bond acceptors (Lipinski definition) is 11. The van der Waals surface area contributed by atoms with Crippen molar-refractivity contribution in [3.63, 3.8) is 0 Å². The van der Waals surface area contributed by atoms with E-state index in [-0.39, 0.29) is 25.9 Å². The van der Waals surface area contributed by atoms with Crippen LogP contribution in [0.3, 0.4) is 0 Å². The van der Waals surface area contributed by atoms with Crippen molar-refractivity contribution in [2.75, 3.05) is 13.2 Å². The number of aliphatic hydroxyl groups is 2. The standard InChI is InChI=1S/C73H120O12/c1-4-7-10-13-16-19-22-25-28-31-33-36-38-41-44-47-50-53-56-59-65(74)81-62-64(83-66(75)60-57-54-51-48-45-42-40-37-34-32-29-26-23-20-17-14-11-8-5-2)63-82-73-71(69(78)68(77)70(85-73)72(79)80)84-67(76)61-58-55-52-49-46-43-39-35-30-27-24-21-18-15-12-9-6-3/h7,10,16-17,19-20,25-30,33,36,41,44,50,53,64,68-71,73,77-78H,4-6,8-9,11-15,18,21-24,31-32,34-35,37-40,42-43,45-49,51-52,54-63H2,1-3H3,(H,79,80)/b10-7-,19-16-,20-17-,28-25-,29-26-,30-27-,36-33-,44-41-,53-50-.